The van der Waals surface area contributed by atoms with Gasteiger partial charge in [0.05, 0.1) is 4.92 Å². The lowest BCUT2D eigenvalue weighted by atomic mass is 10.1. The van der Waals surface area contributed by atoms with Crippen LogP contribution >= 0.6 is 0 Å². The van der Waals surface area contributed by atoms with Gasteiger partial charge in [0, 0.05) is 6.04 Å². The van der Waals surface area contributed by atoms with Crippen LogP contribution in [0.3, 0.4) is 0 Å². The van der Waals surface area contributed by atoms with Crippen molar-refractivity contribution in [3.63, 3.8) is 0 Å². The van der Waals surface area contributed by atoms with Gasteiger partial charge in [-0.3, -0.25) is 19.6 Å². The van der Waals surface area contributed by atoms with Gasteiger partial charge in [-0.1, -0.05) is 25.7 Å². The molecule has 1 N–H and O–H groups in total. The molecule has 20 heavy (non-hydrogen) atoms. The molecule has 0 aliphatic heterocycles. The van der Waals surface area contributed by atoms with E-state index in [0.717, 1.165) is 31.9 Å². The molecule has 0 aromatic carbocycles. The lowest BCUT2D eigenvalue weighted by Gasteiger charge is -2.19. The van der Waals surface area contributed by atoms with Crippen LogP contribution < -0.4 is 5.32 Å². The van der Waals surface area contributed by atoms with Gasteiger partial charge >= 0.3 is 5.69 Å². The highest BCUT2D eigenvalue weighted by Crippen LogP contribution is 2.18. The van der Waals surface area contributed by atoms with E-state index in [4.69, 9.17) is 0 Å². The van der Waals surface area contributed by atoms with Crippen LogP contribution in [0.25, 0.3) is 0 Å². The molecule has 0 bridgehead atoms. The molecular weight excluding hydrogens is 260 g/mol. The monoisotopic (exact) mass is 280 g/mol. The topological polar surface area (TPSA) is 90.1 Å². The second-order valence-corrected chi connectivity index (χ2v) is 5.31. The highest BCUT2D eigenvalue weighted by molar-refractivity contribution is 5.80. The van der Waals surface area contributed by atoms with E-state index < -0.39 is 11.0 Å². The summed E-state index contributed by atoms with van der Waals surface area (Å²) >= 11 is 0. The van der Waals surface area contributed by atoms with Crippen molar-refractivity contribution in [2.24, 2.45) is 0 Å². The number of amides is 1. The first kappa shape index (κ1) is 14.5. The van der Waals surface area contributed by atoms with E-state index in [0.29, 0.717) is 0 Å². The zero-order chi connectivity index (χ0) is 14.5. The van der Waals surface area contributed by atoms with Gasteiger partial charge in [0.15, 0.2) is 0 Å². The summed E-state index contributed by atoms with van der Waals surface area (Å²) < 4.78 is 1.34. The molecule has 7 heteroatoms. The molecule has 110 valence electrons. The molecular formula is C13H20N4O3. The minimum Gasteiger partial charge on any atom is -0.352 e. The van der Waals surface area contributed by atoms with Crippen molar-refractivity contribution < 1.29 is 9.72 Å². The van der Waals surface area contributed by atoms with E-state index in [9.17, 15) is 14.9 Å². The Kier molecular flexibility index (Phi) is 4.70. The predicted molar refractivity (Wildman–Crippen MR) is 73.2 cm³/mol. The largest absolute Gasteiger partial charge is 0.352 e. The predicted octanol–water partition coefficient (Wildman–Crippen LogP) is 2.19. The minimum atomic E-state index is -0.535. The van der Waals surface area contributed by atoms with Crippen LogP contribution in [0, 0.1) is 10.1 Å². The van der Waals surface area contributed by atoms with Crippen LogP contribution in [0.2, 0.25) is 0 Å². The number of hydrogen-bond donors (Lipinski definition) is 1. The fourth-order valence-corrected chi connectivity index (χ4v) is 2.50. The van der Waals surface area contributed by atoms with Gasteiger partial charge in [0.2, 0.25) is 5.91 Å². The number of hydrogen-bond acceptors (Lipinski definition) is 4. The first-order chi connectivity index (χ1) is 9.58. The van der Waals surface area contributed by atoms with E-state index in [1.807, 2.05) is 0 Å². The smallest absolute Gasteiger partial charge is 0.307 e. The molecule has 0 saturated heterocycles. The summed E-state index contributed by atoms with van der Waals surface area (Å²) in [6.07, 6.45) is 9.22. The minimum absolute atomic E-state index is 0.0980. The molecule has 1 amide bonds. The van der Waals surface area contributed by atoms with Crippen molar-refractivity contribution in [3.05, 3.63) is 22.5 Å². The van der Waals surface area contributed by atoms with Crippen LogP contribution in [-0.2, 0) is 4.79 Å². The number of aromatic nitrogens is 2. The van der Waals surface area contributed by atoms with Gasteiger partial charge in [-0.05, 0) is 19.8 Å². The molecule has 1 saturated carbocycles. The third-order valence-corrected chi connectivity index (χ3v) is 3.78. The van der Waals surface area contributed by atoms with E-state index in [-0.39, 0.29) is 17.6 Å². The normalized spacial score (nSPS) is 18.2. The van der Waals surface area contributed by atoms with Crippen LogP contribution in [0.5, 0.6) is 0 Å². The number of carbonyl (C=O) groups is 1. The molecule has 1 heterocycles. The highest BCUT2D eigenvalue weighted by atomic mass is 16.6. The first-order valence-corrected chi connectivity index (χ1v) is 7.07. The van der Waals surface area contributed by atoms with Crippen LogP contribution in [0.15, 0.2) is 12.4 Å². The Morgan fingerprint density at radius 3 is 2.65 bits per heavy atom. The molecule has 1 aromatic rings. The zero-order valence-corrected chi connectivity index (χ0v) is 11.6. The van der Waals surface area contributed by atoms with Gasteiger partial charge in [-0.15, -0.1) is 0 Å². The summed E-state index contributed by atoms with van der Waals surface area (Å²) in [5.74, 6) is -0.130. The van der Waals surface area contributed by atoms with Gasteiger partial charge in [0.25, 0.3) is 0 Å². The molecule has 7 nitrogen and oxygen atoms in total. The number of nitrogens with one attached hydrogen (secondary N) is 1. The van der Waals surface area contributed by atoms with E-state index in [1.165, 1.54) is 23.7 Å². The number of rotatable bonds is 4. The zero-order valence-electron chi connectivity index (χ0n) is 11.6. The Labute approximate surface area is 117 Å². The Bertz CT molecular complexity index is 478. The highest BCUT2D eigenvalue weighted by Gasteiger charge is 2.22. The number of carbonyl (C=O) groups excluding carboxylic acids is 1. The lowest BCUT2D eigenvalue weighted by molar-refractivity contribution is -0.385. The summed E-state index contributed by atoms with van der Waals surface area (Å²) in [4.78, 5) is 22.3. The lowest BCUT2D eigenvalue weighted by Crippen LogP contribution is -2.38. The van der Waals surface area contributed by atoms with Crippen molar-refractivity contribution in [1.29, 1.82) is 0 Å². The molecule has 1 fully saturated rings. The molecule has 2 rings (SSSR count). The van der Waals surface area contributed by atoms with E-state index in [2.05, 4.69) is 10.4 Å². The van der Waals surface area contributed by atoms with Crippen LogP contribution in [-0.4, -0.2) is 26.7 Å². The maximum atomic E-state index is 12.2. The van der Waals surface area contributed by atoms with E-state index >= 15 is 0 Å². The van der Waals surface area contributed by atoms with Crippen molar-refractivity contribution in [2.75, 3.05) is 0 Å². The van der Waals surface area contributed by atoms with Crippen LogP contribution in [0.4, 0.5) is 5.69 Å². The number of nitro groups is 1. The third-order valence-electron chi connectivity index (χ3n) is 3.78. The molecule has 1 aromatic heterocycles. The Hall–Kier alpha value is -1.92. The number of nitrogens with zero attached hydrogens (tertiary/aromatic N) is 3. The van der Waals surface area contributed by atoms with Crippen molar-refractivity contribution in [3.8, 4) is 0 Å². The third kappa shape index (κ3) is 3.55. The maximum absolute atomic E-state index is 12.2. The standard InChI is InChI=1S/C13H20N4O3/c1-10(16-9-12(8-14-16)17(19)20)13(18)15-11-6-4-2-3-5-7-11/h8-11H,2-7H2,1H3,(H,15,18)/t10-/m1/s1. The van der Waals surface area contributed by atoms with Gasteiger partial charge in [-0.25, -0.2) is 0 Å². The maximum Gasteiger partial charge on any atom is 0.307 e. The van der Waals surface area contributed by atoms with Crippen molar-refractivity contribution in [1.82, 2.24) is 15.1 Å². The molecule has 0 spiro atoms. The summed E-state index contributed by atoms with van der Waals surface area (Å²) in [5.41, 5.74) is -0.0980. The quantitative estimate of drug-likeness (QED) is 0.520. The Morgan fingerprint density at radius 2 is 2.10 bits per heavy atom. The Balaban J connectivity index is 1.94. The van der Waals surface area contributed by atoms with E-state index in [1.54, 1.807) is 6.92 Å². The molecule has 0 radical (unpaired) electrons. The fourth-order valence-electron chi connectivity index (χ4n) is 2.50. The van der Waals surface area contributed by atoms with Crippen LogP contribution in [0.1, 0.15) is 51.5 Å². The molecule has 0 unspecified atom stereocenters. The average molecular weight is 280 g/mol. The first-order valence-electron chi connectivity index (χ1n) is 7.07. The van der Waals surface area contributed by atoms with Gasteiger partial charge < -0.3 is 5.32 Å². The van der Waals surface area contributed by atoms with Gasteiger partial charge in [0.1, 0.15) is 18.4 Å². The summed E-state index contributed by atoms with van der Waals surface area (Å²) in [6, 6.07) is -0.315. The second kappa shape index (κ2) is 6.49. The summed E-state index contributed by atoms with van der Waals surface area (Å²) in [7, 11) is 0. The summed E-state index contributed by atoms with van der Waals surface area (Å²) in [6.45, 7) is 1.70. The van der Waals surface area contributed by atoms with Crippen molar-refractivity contribution in [2.45, 2.75) is 57.5 Å². The molecule has 1 aliphatic rings. The molecule has 1 atom stereocenters. The summed E-state index contributed by atoms with van der Waals surface area (Å²) in [5, 5.41) is 17.5. The Morgan fingerprint density at radius 1 is 1.45 bits per heavy atom. The molecule has 1 aliphatic carbocycles. The average Bonchev–Trinajstić information content (AvgIpc) is 2.78. The fraction of sp³-hybridized carbons (Fsp3) is 0.692. The van der Waals surface area contributed by atoms with Gasteiger partial charge in [-0.2, -0.15) is 5.10 Å². The van der Waals surface area contributed by atoms with Crippen molar-refractivity contribution >= 4 is 11.6 Å². The SMILES string of the molecule is C[C@H](C(=O)NC1CCCCCC1)n1cc([N+](=O)[O-])cn1. The second-order valence-electron chi connectivity index (χ2n) is 5.31.